The fourth-order valence-corrected chi connectivity index (χ4v) is 1.50. The number of rotatable bonds is 3. The average molecular weight is 214 g/mol. The molecule has 0 spiro atoms. The Morgan fingerprint density at radius 1 is 1.06 bits per heavy atom. The van der Waals surface area contributed by atoms with Crippen molar-refractivity contribution in [2.75, 3.05) is 19.5 Å². The van der Waals surface area contributed by atoms with Crippen molar-refractivity contribution in [3.8, 4) is 17.0 Å². The van der Waals surface area contributed by atoms with E-state index in [1.165, 1.54) is 0 Å². The molecule has 0 radical (unpaired) electrons. The van der Waals surface area contributed by atoms with E-state index in [4.69, 9.17) is 4.74 Å². The number of aromatic nitrogens is 1. The minimum Gasteiger partial charge on any atom is -0.497 e. The van der Waals surface area contributed by atoms with Crippen LogP contribution in [0.15, 0.2) is 42.5 Å². The molecule has 0 aliphatic carbocycles. The lowest BCUT2D eigenvalue weighted by atomic mass is 10.1. The van der Waals surface area contributed by atoms with Crippen molar-refractivity contribution >= 4 is 5.82 Å². The zero-order valence-electron chi connectivity index (χ0n) is 9.40. The topological polar surface area (TPSA) is 34.1 Å². The average Bonchev–Trinajstić information content (AvgIpc) is 2.39. The van der Waals surface area contributed by atoms with E-state index in [0.29, 0.717) is 0 Å². The molecule has 82 valence electrons. The van der Waals surface area contributed by atoms with Gasteiger partial charge in [-0.2, -0.15) is 0 Å². The normalized spacial score (nSPS) is 9.88. The van der Waals surface area contributed by atoms with Crippen molar-refractivity contribution in [1.29, 1.82) is 0 Å². The monoisotopic (exact) mass is 214 g/mol. The number of methoxy groups -OCH3 is 1. The Labute approximate surface area is 95.1 Å². The first-order chi connectivity index (χ1) is 7.83. The maximum Gasteiger partial charge on any atom is 0.126 e. The molecule has 1 N–H and O–H groups in total. The molecule has 0 amide bonds. The van der Waals surface area contributed by atoms with Gasteiger partial charge in [-0.3, -0.25) is 0 Å². The van der Waals surface area contributed by atoms with E-state index < -0.39 is 0 Å². The van der Waals surface area contributed by atoms with Crippen LogP contribution in [0.1, 0.15) is 0 Å². The van der Waals surface area contributed by atoms with Gasteiger partial charge >= 0.3 is 0 Å². The van der Waals surface area contributed by atoms with Crippen LogP contribution in [0.4, 0.5) is 5.82 Å². The first-order valence-corrected chi connectivity index (χ1v) is 5.12. The Morgan fingerprint density at radius 2 is 1.81 bits per heavy atom. The lowest BCUT2D eigenvalue weighted by molar-refractivity contribution is 0.415. The van der Waals surface area contributed by atoms with E-state index in [2.05, 4.69) is 10.3 Å². The van der Waals surface area contributed by atoms with E-state index in [0.717, 1.165) is 22.8 Å². The Balaban J connectivity index is 2.34. The van der Waals surface area contributed by atoms with E-state index in [-0.39, 0.29) is 0 Å². The predicted molar refractivity (Wildman–Crippen MR) is 65.8 cm³/mol. The van der Waals surface area contributed by atoms with E-state index in [1.54, 1.807) is 7.11 Å². The molecule has 0 saturated heterocycles. The van der Waals surface area contributed by atoms with Crippen molar-refractivity contribution in [3.63, 3.8) is 0 Å². The van der Waals surface area contributed by atoms with Gasteiger partial charge in [-0.1, -0.05) is 6.07 Å². The summed E-state index contributed by atoms with van der Waals surface area (Å²) in [5.41, 5.74) is 2.03. The molecular formula is C13H14N2O. The smallest absolute Gasteiger partial charge is 0.126 e. The third-order valence-electron chi connectivity index (χ3n) is 2.39. The van der Waals surface area contributed by atoms with Crippen molar-refractivity contribution in [2.45, 2.75) is 0 Å². The summed E-state index contributed by atoms with van der Waals surface area (Å²) in [4.78, 5) is 4.47. The van der Waals surface area contributed by atoms with Crippen LogP contribution in [0.25, 0.3) is 11.3 Å². The minimum atomic E-state index is 0.855. The van der Waals surface area contributed by atoms with E-state index in [1.807, 2.05) is 49.5 Å². The van der Waals surface area contributed by atoms with E-state index >= 15 is 0 Å². The summed E-state index contributed by atoms with van der Waals surface area (Å²) >= 11 is 0. The van der Waals surface area contributed by atoms with Gasteiger partial charge in [0.05, 0.1) is 12.8 Å². The SMILES string of the molecule is CNc1cccc(-c2ccc(OC)cc2)n1. The molecule has 0 aliphatic heterocycles. The molecule has 1 aromatic heterocycles. The van der Waals surface area contributed by atoms with Crippen molar-refractivity contribution in [1.82, 2.24) is 4.98 Å². The summed E-state index contributed by atoms with van der Waals surface area (Å²) in [6.45, 7) is 0. The summed E-state index contributed by atoms with van der Waals surface area (Å²) in [6.07, 6.45) is 0. The second kappa shape index (κ2) is 4.66. The molecule has 0 fully saturated rings. The fraction of sp³-hybridized carbons (Fsp3) is 0.154. The predicted octanol–water partition coefficient (Wildman–Crippen LogP) is 2.80. The molecule has 3 heteroatoms. The van der Waals surface area contributed by atoms with Gasteiger partial charge in [0.25, 0.3) is 0 Å². The summed E-state index contributed by atoms with van der Waals surface area (Å²) < 4.78 is 5.12. The molecule has 0 aliphatic rings. The van der Waals surface area contributed by atoms with Crippen LogP contribution < -0.4 is 10.1 Å². The Bertz CT molecular complexity index is 466. The summed E-state index contributed by atoms with van der Waals surface area (Å²) in [7, 11) is 3.52. The van der Waals surface area contributed by atoms with Crippen LogP contribution in [-0.4, -0.2) is 19.1 Å². The van der Waals surface area contributed by atoms with E-state index in [9.17, 15) is 0 Å². The highest BCUT2D eigenvalue weighted by atomic mass is 16.5. The largest absolute Gasteiger partial charge is 0.497 e. The van der Waals surface area contributed by atoms with Crippen LogP contribution in [-0.2, 0) is 0 Å². The molecular weight excluding hydrogens is 200 g/mol. The summed E-state index contributed by atoms with van der Waals surface area (Å²) in [5.74, 6) is 1.72. The Kier molecular flexibility index (Phi) is 3.05. The number of nitrogens with one attached hydrogen (secondary N) is 1. The van der Waals surface area contributed by atoms with Crippen molar-refractivity contribution in [2.24, 2.45) is 0 Å². The number of benzene rings is 1. The number of nitrogens with zero attached hydrogens (tertiary/aromatic N) is 1. The molecule has 1 aromatic carbocycles. The summed E-state index contributed by atoms with van der Waals surface area (Å²) in [5, 5.41) is 3.02. The lowest BCUT2D eigenvalue weighted by Crippen LogP contribution is -1.93. The second-order valence-corrected chi connectivity index (χ2v) is 3.39. The molecule has 2 rings (SSSR count). The molecule has 16 heavy (non-hydrogen) atoms. The molecule has 0 unspecified atom stereocenters. The van der Waals surface area contributed by atoms with Crippen LogP contribution >= 0.6 is 0 Å². The highest BCUT2D eigenvalue weighted by Crippen LogP contribution is 2.21. The molecule has 2 aromatic rings. The molecule has 3 nitrogen and oxygen atoms in total. The van der Waals surface area contributed by atoms with Gasteiger partial charge in [-0.25, -0.2) is 4.98 Å². The van der Waals surface area contributed by atoms with Crippen LogP contribution in [0.5, 0.6) is 5.75 Å². The lowest BCUT2D eigenvalue weighted by Gasteiger charge is -2.05. The van der Waals surface area contributed by atoms with Gasteiger partial charge in [-0.05, 0) is 36.4 Å². The molecule has 0 bridgehead atoms. The number of pyridine rings is 1. The summed E-state index contributed by atoms with van der Waals surface area (Å²) in [6, 6.07) is 13.8. The van der Waals surface area contributed by atoms with Gasteiger partial charge in [-0.15, -0.1) is 0 Å². The van der Waals surface area contributed by atoms with Crippen molar-refractivity contribution < 1.29 is 4.74 Å². The maximum atomic E-state index is 5.12. The number of hydrogen-bond donors (Lipinski definition) is 1. The van der Waals surface area contributed by atoms with Crippen LogP contribution in [0.2, 0.25) is 0 Å². The molecule has 0 saturated carbocycles. The third kappa shape index (κ3) is 2.14. The minimum absolute atomic E-state index is 0.855. The van der Waals surface area contributed by atoms with Gasteiger partial charge in [0, 0.05) is 12.6 Å². The molecule has 0 atom stereocenters. The number of anilines is 1. The van der Waals surface area contributed by atoms with Gasteiger partial charge < -0.3 is 10.1 Å². The Hall–Kier alpha value is -2.03. The van der Waals surface area contributed by atoms with Gasteiger partial charge in [0.2, 0.25) is 0 Å². The number of hydrogen-bond acceptors (Lipinski definition) is 3. The van der Waals surface area contributed by atoms with Gasteiger partial charge in [0.1, 0.15) is 11.6 Å². The number of ether oxygens (including phenoxy) is 1. The highest BCUT2D eigenvalue weighted by Gasteiger charge is 2.00. The highest BCUT2D eigenvalue weighted by molar-refractivity contribution is 5.62. The van der Waals surface area contributed by atoms with Crippen molar-refractivity contribution in [3.05, 3.63) is 42.5 Å². The first-order valence-electron chi connectivity index (χ1n) is 5.12. The second-order valence-electron chi connectivity index (χ2n) is 3.39. The third-order valence-corrected chi connectivity index (χ3v) is 2.39. The van der Waals surface area contributed by atoms with Crippen LogP contribution in [0.3, 0.4) is 0 Å². The zero-order chi connectivity index (χ0) is 11.4. The molecule has 1 heterocycles. The Morgan fingerprint density at radius 3 is 2.44 bits per heavy atom. The first kappa shape index (κ1) is 10.5. The zero-order valence-corrected chi connectivity index (χ0v) is 9.40. The fourth-order valence-electron chi connectivity index (χ4n) is 1.50. The van der Waals surface area contributed by atoms with Crippen LogP contribution in [0, 0.1) is 0 Å². The standard InChI is InChI=1S/C13H14N2O/c1-14-13-5-3-4-12(15-13)10-6-8-11(16-2)9-7-10/h3-9H,1-2H3,(H,14,15). The maximum absolute atomic E-state index is 5.12. The van der Waals surface area contributed by atoms with Gasteiger partial charge in [0.15, 0.2) is 0 Å². The quantitative estimate of drug-likeness (QED) is 0.853.